The second-order valence-electron chi connectivity index (χ2n) is 7.17. The Hall–Kier alpha value is -3.01. The van der Waals surface area contributed by atoms with Gasteiger partial charge in [-0.3, -0.25) is 4.79 Å². The van der Waals surface area contributed by atoms with Crippen molar-refractivity contribution in [2.24, 2.45) is 0 Å². The average Bonchev–Trinajstić information content (AvgIpc) is 2.76. The molecule has 0 fully saturated rings. The molecule has 0 spiro atoms. The first-order chi connectivity index (χ1) is 13.8. The lowest BCUT2D eigenvalue weighted by Gasteiger charge is -2.18. The number of benzene rings is 4. The predicted molar refractivity (Wildman–Crippen MR) is 111 cm³/mol. The molecule has 5 rings (SSSR count). The minimum Gasteiger partial charge on any atom is -0.369 e. The van der Waals surface area contributed by atoms with E-state index >= 15 is 0 Å². The smallest absolute Gasteiger partial charge is 0.184 e. The second-order valence-corrected chi connectivity index (χ2v) is 7.17. The predicted octanol–water partition coefficient (Wildman–Crippen LogP) is 5.28. The summed E-state index contributed by atoms with van der Waals surface area (Å²) in [5, 5.41) is 4.75. The van der Waals surface area contributed by atoms with E-state index in [1.54, 1.807) is 0 Å². The molecule has 0 unspecified atom stereocenters. The fourth-order valence-electron chi connectivity index (χ4n) is 4.06. The Morgan fingerprint density at radius 3 is 1.50 bits per heavy atom. The van der Waals surface area contributed by atoms with Crippen LogP contribution in [0.3, 0.4) is 0 Å². The van der Waals surface area contributed by atoms with Crippen molar-refractivity contribution in [1.82, 2.24) is 0 Å². The lowest BCUT2D eigenvalue weighted by atomic mass is 9.87. The Bertz CT molecular complexity index is 1100. The molecule has 0 N–H and O–H groups in total. The monoisotopic (exact) mass is 368 g/mol. The second kappa shape index (κ2) is 7.19. The molecule has 3 heteroatoms. The third kappa shape index (κ3) is 2.99. The van der Waals surface area contributed by atoms with E-state index in [9.17, 15) is 4.79 Å². The fourth-order valence-corrected chi connectivity index (χ4v) is 4.06. The van der Waals surface area contributed by atoms with Crippen molar-refractivity contribution >= 4 is 27.3 Å². The van der Waals surface area contributed by atoms with E-state index in [1.807, 2.05) is 0 Å². The summed E-state index contributed by atoms with van der Waals surface area (Å²) < 4.78 is 11.5. The van der Waals surface area contributed by atoms with Crippen molar-refractivity contribution in [2.45, 2.75) is 13.2 Å². The zero-order valence-electron chi connectivity index (χ0n) is 15.5. The van der Waals surface area contributed by atoms with Gasteiger partial charge in [0.25, 0.3) is 0 Å². The summed E-state index contributed by atoms with van der Waals surface area (Å²) in [6, 6.07) is 25.3. The van der Waals surface area contributed by atoms with E-state index < -0.39 is 0 Å². The number of carbonyl (C=O) groups excluding carboxylic acids is 1. The molecule has 28 heavy (non-hydrogen) atoms. The molecular weight excluding hydrogens is 348 g/mol. The van der Waals surface area contributed by atoms with Gasteiger partial charge in [-0.1, -0.05) is 72.8 Å². The minimum absolute atomic E-state index is 0.0356. The number of Topliss-reactive ketones (excluding diaryl/α,β-unsaturated/α-hetero) is 1. The molecule has 0 saturated heterocycles. The molecule has 0 saturated carbocycles. The molecule has 4 aromatic carbocycles. The van der Waals surface area contributed by atoms with Crippen LogP contribution in [0, 0.1) is 0 Å². The zero-order valence-corrected chi connectivity index (χ0v) is 15.5. The first-order valence-corrected chi connectivity index (χ1v) is 9.50. The lowest BCUT2D eigenvalue weighted by molar-refractivity contribution is -0.128. The highest BCUT2D eigenvalue weighted by Gasteiger charge is 2.18. The first kappa shape index (κ1) is 17.1. The average molecular weight is 368 g/mol. The van der Waals surface area contributed by atoms with E-state index in [4.69, 9.17) is 9.47 Å². The third-order valence-corrected chi connectivity index (χ3v) is 5.32. The zero-order chi connectivity index (χ0) is 18.9. The normalized spacial score (nSPS) is 15.1. The minimum atomic E-state index is -0.0356. The van der Waals surface area contributed by atoms with E-state index in [2.05, 4.69) is 72.8 Å². The van der Waals surface area contributed by atoms with Gasteiger partial charge < -0.3 is 9.47 Å². The SMILES string of the molecule is O=C1COCc2ccc3ccccc3c2-c2c(ccc3ccccc23)COC1. The summed E-state index contributed by atoms with van der Waals surface area (Å²) in [7, 11) is 0. The van der Waals surface area contributed by atoms with Crippen LogP contribution in [0.25, 0.3) is 32.7 Å². The summed E-state index contributed by atoms with van der Waals surface area (Å²) >= 11 is 0. The number of carbonyl (C=O) groups is 1. The van der Waals surface area contributed by atoms with Gasteiger partial charge in [-0.2, -0.15) is 0 Å². The molecule has 3 nitrogen and oxygen atoms in total. The van der Waals surface area contributed by atoms with Crippen LogP contribution in [0.4, 0.5) is 0 Å². The van der Waals surface area contributed by atoms with Gasteiger partial charge in [-0.25, -0.2) is 0 Å². The molecule has 0 radical (unpaired) electrons. The number of rotatable bonds is 0. The van der Waals surface area contributed by atoms with Gasteiger partial charge in [0, 0.05) is 0 Å². The molecule has 0 aliphatic carbocycles. The van der Waals surface area contributed by atoms with Crippen molar-refractivity contribution in [3.05, 3.63) is 83.9 Å². The van der Waals surface area contributed by atoms with Crippen molar-refractivity contribution in [3.63, 3.8) is 0 Å². The van der Waals surface area contributed by atoms with E-state index in [0.29, 0.717) is 13.2 Å². The number of fused-ring (bicyclic) bond motifs is 7. The van der Waals surface area contributed by atoms with Crippen LogP contribution in [0.1, 0.15) is 11.1 Å². The summed E-state index contributed by atoms with van der Waals surface area (Å²) in [5.74, 6) is -0.0356. The maximum atomic E-state index is 12.0. The summed E-state index contributed by atoms with van der Waals surface area (Å²) in [6.45, 7) is 0.940. The van der Waals surface area contributed by atoms with Crippen LogP contribution >= 0.6 is 0 Å². The first-order valence-electron chi connectivity index (χ1n) is 9.50. The van der Waals surface area contributed by atoms with Gasteiger partial charge in [0.1, 0.15) is 13.2 Å². The molecule has 1 heterocycles. The van der Waals surface area contributed by atoms with Crippen molar-refractivity contribution in [1.29, 1.82) is 0 Å². The van der Waals surface area contributed by atoms with Gasteiger partial charge in [-0.05, 0) is 43.8 Å². The highest BCUT2D eigenvalue weighted by molar-refractivity contribution is 6.07. The maximum absolute atomic E-state index is 12.0. The Balaban J connectivity index is 1.88. The Labute approximate surface area is 163 Å². The highest BCUT2D eigenvalue weighted by Crippen LogP contribution is 2.39. The van der Waals surface area contributed by atoms with Crippen LogP contribution in [0.2, 0.25) is 0 Å². The van der Waals surface area contributed by atoms with Gasteiger partial charge in [0.2, 0.25) is 0 Å². The fraction of sp³-hybridized carbons (Fsp3) is 0.160. The van der Waals surface area contributed by atoms with E-state index in [-0.39, 0.29) is 19.0 Å². The Morgan fingerprint density at radius 1 is 0.536 bits per heavy atom. The van der Waals surface area contributed by atoms with Crippen molar-refractivity contribution in [3.8, 4) is 11.1 Å². The number of ketones is 1. The van der Waals surface area contributed by atoms with Crippen LogP contribution in [0.15, 0.2) is 72.8 Å². The molecule has 138 valence electrons. The molecule has 0 aromatic heterocycles. The van der Waals surface area contributed by atoms with E-state index in [0.717, 1.165) is 11.1 Å². The van der Waals surface area contributed by atoms with Crippen molar-refractivity contribution < 1.29 is 14.3 Å². The highest BCUT2D eigenvalue weighted by atomic mass is 16.5. The molecule has 1 aliphatic rings. The quantitative estimate of drug-likeness (QED) is 0.424. The largest absolute Gasteiger partial charge is 0.369 e. The van der Waals surface area contributed by atoms with Gasteiger partial charge in [-0.15, -0.1) is 0 Å². The van der Waals surface area contributed by atoms with Gasteiger partial charge in [0.05, 0.1) is 13.2 Å². The standard InChI is InChI=1S/C25H20O3/c26-21-15-27-13-19-11-9-17-5-1-3-7-22(17)24(19)25-20(14-28-16-21)12-10-18-6-2-4-8-23(18)25/h1-12H,13-16H2. The number of ether oxygens (including phenoxy) is 2. The number of hydrogen-bond acceptors (Lipinski definition) is 3. The van der Waals surface area contributed by atoms with Gasteiger partial charge in [0.15, 0.2) is 5.78 Å². The Kier molecular flexibility index (Phi) is 4.40. The van der Waals surface area contributed by atoms with E-state index in [1.165, 1.54) is 32.7 Å². The molecule has 0 amide bonds. The van der Waals surface area contributed by atoms with Crippen LogP contribution < -0.4 is 0 Å². The lowest BCUT2D eigenvalue weighted by Crippen LogP contribution is -2.15. The molecule has 1 aliphatic heterocycles. The topological polar surface area (TPSA) is 35.5 Å². The van der Waals surface area contributed by atoms with Crippen molar-refractivity contribution in [2.75, 3.05) is 13.2 Å². The molecular formula is C25H20O3. The van der Waals surface area contributed by atoms with Crippen LogP contribution in [-0.4, -0.2) is 19.0 Å². The summed E-state index contributed by atoms with van der Waals surface area (Å²) in [6.07, 6.45) is 0. The van der Waals surface area contributed by atoms with Crippen LogP contribution in [0.5, 0.6) is 0 Å². The molecule has 0 atom stereocenters. The molecule has 0 bridgehead atoms. The van der Waals surface area contributed by atoms with Gasteiger partial charge >= 0.3 is 0 Å². The molecule has 4 aromatic rings. The third-order valence-electron chi connectivity index (χ3n) is 5.32. The Morgan fingerprint density at radius 2 is 1.00 bits per heavy atom. The van der Waals surface area contributed by atoms with Crippen LogP contribution in [-0.2, 0) is 27.5 Å². The summed E-state index contributed by atoms with van der Waals surface area (Å²) in [5.41, 5.74) is 4.52. The number of hydrogen-bond donors (Lipinski definition) is 0. The summed E-state index contributed by atoms with van der Waals surface area (Å²) in [4.78, 5) is 12.0. The maximum Gasteiger partial charge on any atom is 0.184 e.